The second-order valence-corrected chi connectivity index (χ2v) is 3.31. The third kappa shape index (κ3) is 5.49. The Morgan fingerprint density at radius 1 is 1.27 bits per heavy atom. The summed E-state index contributed by atoms with van der Waals surface area (Å²) in [4.78, 5) is 20.3. The van der Waals surface area contributed by atoms with Crippen LogP contribution in [-0.4, -0.2) is 43.0 Å². The molecule has 0 aliphatic carbocycles. The van der Waals surface area contributed by atoms with E-state index < -0.39 is 15.9 Å². The highest BCUT2D eigenvalue weighted by molar-refractivity contribution is 7.85. The summed E-state index contributed by atoms with van der Waals surface area (Å²) in [6.07, 6.45) is 0.358. The van der Waals surface area contributed by atoms with Crippen molar-refractivity contribution in [3.8, 4) is 0 Å². The molecular weight excluding hydrogens is 174 g/mol. The molecule has 0 spiro atoms. The van der Waals surface area contributed by atoms with Crippen LogP contribution in [0.3, 0.4) is 0 Å². The largest absolute Gasteiger partial charge is 0.287 e. The molecule has 0 radical (unpaired) electrons. The zero-order valence-electron chi connectivity index (χ0n) is 5.50. The predicted octanol–water partition coefficient (Wildman–Crippen LogP) is -1.51. The molecule has 0 aromatic carbocycles. The van der Waals surface area contributed by atoms with E-state index in [2.05, 4.69) is 0 Å². The van der Waals surface area contributed by atoms with Crippen molar-refractivity contribution in [1.29, 1.82) is 0 Å². The number of amides is 2. The van der Waals surface area contributed by atoms with E-state index in [9.17, 15) is 18.0 Å². The monoisotopic (exact) mass is 181 g/mol. The molecule has 64 valence electrons. The summed E-state index contributed by atoms with van der Waals surface area (Å²) in [5.74, 6) is -0.634. The van der Waals surface area contributed by atoms with Gasteiger partial charge < -0.3 is 0 Å². The number of nitrogens with zero attached hydrogens (tertiary/aromatic N) is 1. The zero-order chi connectivity index (χ0) is 8.91. The highest BCUT2D eigenvalue weighted by Gasteiger charge is 2.07. The first-order valence-corrected chi connectivity index (χ1v) is 4.22. The molecule has 0 aromatic heterocycles. The van der Waals surface area contributed by atoms with Crippen molar-refractivity contribution in [1.82, 2.24) is 4.90 Å². The van der Waals surface area contributed by atoms with Crippen molar-refractivity contribution < 1.29 is 22.6 Å². The number of rotatable bonds is 5. The summed E-state index contributed by atoms with van der Waals surface area (Å²) >= 11 is 0. The lowest BCUT2D eigenvalue weighted by Gasteiger charge is -2.05. The smallest absolute Gasteiger partial charge is 0.266 e. The molecule has 0 bridgehead atoms. The normalized spacial score (nSPS) is 10.6. The summed E-state index contributed by atoms with van der Waals surface area (Å²) in [6, 6.07) is 0. The van der Waals surface area contributed by atoms with Crippen molar-refractivity contribution in [2.45, 2.75) is 0 Å². The van der Waals surface area contributed by atoms with Crippen molar-refractivity contribution in [3.63, 3.8) is 0 Å². The fourth-order valence-electron chi connectivity index (χ4n) is 0.351. The summed E-state index contributed by atoms with van der Waals surface area (Å²) in [5.41, 5.74) is 0. The number of carbonyl (C=O) groups is 2. The molecule has 0 fully saturated rings. The van der Waals surface area contributed by atoms with Gasteiger partial charge in [-0.25, -0.2) is 0 Å². The van der Waals surface area contributed by atoms with Gasteiger partial charge in [-0.05, 0) is 0 Å². The van der Waals surface area contributed by atoms with Crippen LogP contribution in [0, 0.1) is 0 Å². The van der Waals surface area contributed by atoms with Gasteiger partial charge in [-0.15, -0.1) is 0 Å². The van der Waals surface area contributed by atoms with Crippen LogP contribution in [0.25, 0.3) is 0 Å². The van der Waals surface area contributed by atoms with Gasteiger partial charge in [-0.1, -0.05) is 0 Å². The van der Waals surface area contributed by atoms with Gasteiger partial charge in [0.25, 0.3) is 10.1 Å². The molecule has 0 aliphatic rings. The third-order valence-corrected chi connectivity index (χ3v) is 1.58. The zero-order valence-corrected chi connectivity index (χ0v) is 6.32. The first-order valence-electron chi connectivity index (χ1n) is 2.61. The fraction of sp³-hybridized carbons (Fsp3) is 0.500. The topological polar surface area (TPSA) is 91.8 Å². The van der Waals surface area contributed by atoms with Gasteiger partial charge in [0.2, 0.25) is 12.8 Å². The summed E-state index contributed by atoms with van der Waals surface area (Å²) < 4.78 is 28.3. The molecule has 0 unspecified atom stereocenters. The minimum Gasteiger partial charge on any atom is -0.287 e. The Bertz CT molecular complexity index is 225. The number of carbonyl (C=O) groups excluding carboxylic acids is 2. The number of imide groups is 1. The Kier molecular flexibility index (Phi) is 3.69. The van der Waals surface area contributed by atoms with Crippen LogP contribution in [-0.2, 0) is 19.7 Å². The lowest BCUT2D eigenvalue weighted by atomic mass is 10.7. The quantitative estimate of drug-likeness (QED) is 0.411. The molecule has 0 saturated heterocycles. The minimum atomic E-state index is -4.10. The van der Waals surface area contributed by atoms with Crippen LogP contribution in [0.5, 0.6) is 0 Å². The first-order chi connectivity index (χ1) is 4.99. The van der Waals surface area contributed by atoms with E-state index in [1.807, 2.05) is 0 Å². The molecule has 0 aromatic rings. The van der Waals surface area contributed by atoms with Crippen LogP contribution < -0.4 is 0 Å². The molecule has 0 aliphatic heterocycles. The highest BCUT2D eigenvalue weighted by atomic mass is 32.2. The molecule has 1 N–H and O–H groups in total. The van der Waals surface area contributed by atoms with Crippen LogP contribution >= 0.6 is 0 Å². The van der Waals surface area contributed by atoms with Gasteiger partial charge in [0.15, 0.2) is 0 Å². The van der Waals surface area contributed by atoms with Crippen molar-refractivity contribution >= 4 is 22.9 Å². The molecule has 11 heavy (non-hydrogen) atoms. The van der Waals surface area contributed by atoms with E-state index in [1.165, 1.54) is 0 Å². The van der Waals surface area contributed by atoms with E-state index in [0.29, 0.717) is 4.90 Å². The SMILES string of the molecule is O=CN(C=O)CCS(=O)(=O)O. The van der Waals surface area contributed by atoms with E-state index in [1.54, 1.807) is 0 Å². The summed E-state index contributed by atoms with van der Waals surface area (Å²) in [6.45, 7) is -0.328. The van der Waals surface area contributed by atoms with Crippen LogP contribution in [0.4, 0.5) is 0 Å². The van der Waals surface area contributed by atoms with Crippen molar-refractivity contribution in [3.05, 3.63) is 0 Å². The van der Waals surface area contributed by atoms with Gasteiger partial charge in [0.1, 0.15) is 0 Å². The Hall–Kier alpha value is -0.950. The van der Waals surface area contributed by atoms with Crippen LogP contribution in [0.1, 0.15) is 0 Å². The predicted molar refractivity (Wildman–Crippen MR) is 35.2 cm³/mol. The summed E-state index contributed by atoms with van der Waals surface area (Å²) in [5, 5.41) is 0. The number of hydrogen-bond acceptors (Lipinski definition) is 4. The van der Waals surface area contributed by atoms with Gasteiger partial charge >= 0.3 is 0 Å². The lowest BCUT2D eigenvalue weighted by molar-refractivity contribution is -0.128. The first kappa shape index (κ1) is 10.0. The lowest BCUT2D eigenvalue weighted by Crippen LogP contribution is -2.26. The average molecular weight is 181 g/mol. The standard InChI is InChI=1S/C4H7NO5S/c6-3-5(4-7)1-2-11(8,9)10/h3-4H,1-2H2,(H,8,9,10). The molecule has 0 heterocycles. The maximum Gasteiger partial charge on any atom is 0.266 e. The van der Waals surface area contributed by atoms with E-state index in [4.69, 9.17) is 4.55 Å². The van der Waals surface area contributed by atoms with Gasteiger partial charge in [0, 0.05) is 6.54 Å². The van der Waals surface area contributed by atoms with Crippen LogP contribution in [0.2, 0.25) is 0 Å². The second-order valence-electron chi connectivity index (χ2n) is 1.73. The van der Waals surface area contributed by atoms with Crippen molar-refractivity contribution in [2.75, 3.05) is 12.3 Å². The Balaban J connectivity index is 3.87. The molecule has 0 saturated carbocycles. The minimum absolute atomic E-state index is 0.179. The molecular formula is C4H7NO5S. The maximum absolute atomic E-state index is 10.1. The second kappa shape index (κ2) is 4.04. The average Bonchev–Trinajstić information content (AvgIpc) is 1.88. The van der Waals surface area contributed by atoms with Crippen LogP contribution in [0.15, 0.2) is 0 Å². The Morgan fingerprint density at radius 2 is 1.73 bits per heavy atom. The van der Waals surface area contributed by atoms with Gasteiger partial charge in [-0.2, -0.15) is 8.42 Å². The molecule has 0 rings (SSSR count). The Labute approximate surface area is 63.5 Å². The third-order valence-electron chi connectivity index (χ3n) is 0.878. The number of hydrogen-bond donors (Lipinski definition) is 1. The fourth-order valence-corrected chi connectivity index (χ4v) is 0.793. The Morgan fingerprint density at radius 3 is 2.00 bits per heavy atom. The maximum atomic E-state index is 10.1. The molecule has 6 nitrogen and oxygen atoms in total. The summed E-state index contributed by atoms with van der Waals surface area (Å²) in [7, 11) is -4.10. The van der Waals surface area contributed by atoms with E-state index in [0.717, 1.165) is 0 Å². The van der Waals surface area contributed by atoms with Gasteiger partial charge in [0.05, 0.1) is 5.75 Å². The molecule has 7 heteroatoms. The van der Waals surface area contributed by atoms with E-state index in [-0.39, 0.29) is 19.4 Å². The van der Waals surface area contributed by atoms with E-state index >= 15 is 0 Å². The molecule has 0 atom stereocenters. The highest BCUT2D eigenvalue weighted by Crippen LogP contribution is 1.83. The molecule has 2 amide bonds. The van der Waals surface area contributed by atoms with Crippen molar-refractivity contribution in [2.24, 2.45) is 0 Å². The van der Waals surface area contributed by atoms with Gasteiger partial charge in [-0.3, -0.25) is 19.0 Å².